The smallest absolute Gasteiger partial charge is 0.0478 e. The zero-order chi connectivity index (χ0) is 21.4. The molecule has 0 fully saturated rings. The third-order valence-corrected chi connectivity index (χ3v) is 11.1. The third-order valence-electron chi connectivity index (χ3n) is 5.49. The van der Waals surface area contributed by atoms with Crippen molar-refractivity contribution in [2.75, 3.05) is 0 Å². The predicted octanol–water partition coefficient (Wildman–Crippen LogP) is 10.6. The minimum Gasteiger partial charge on any atom is -0.139 e. The first-order valence-electron chi connectivity index (χ1n) is 11.2. The molecule has 0 atom stereocenters. The second-order valence-electron chi connectivity index (χ2n) is 8.77. The summed E-state index contributed by atoms with van der Waals surface area (Å²) in [5.41, 5.74) is 3.09. The standard InChI is InChI=1S/C26H32S4/c1-7-9-17-11-19(15(3)4)29-25(17)23-13-21-22(27-23)14-24(28-21)26-18(10-8-2)12-20(30-26)16(5)6/h11-16H,7-10H2,1-6H3. The summed E-state index contributed by atoms with van der Waals surface area (Å²) >= 11 is 8.00. The Morgan fingerprint density at radius 2 is 1.00 bits per heavy atom. The van der Waals surface area contributed by atoms with Crippen LogP contribution >= 0.6 is 45.3 Å². The van der Waals surface area contributed by atoms with E-state index in [4.69, 9.17) is 0 Å². The largest absolute Gasteiger partial charge is 0.139 e. The van der Waals surface area contributed by atoms with Crippen LogP contribution in [0.25, 0.3) is 28.9 Å². The van der Waals surface area contributed by atoms with Gasteiger partial charge in [-0.3, -0.25) is 0 Å². The number of rotatable bonds is 8. The average molecular weight is 473 g/mol. The molecule has 30 heavy (non-hydrogen) atoms. The fraction of sp³-hybridized carbons (Fsp3) is 0.462. The lowest BCUT2D eigenvalue weighted by molar-refractivity contribution is 0.880. The molecular weight excluding hydrogens is 441 g/mol. The van der Waals surface area contributed by atoms with Crippen molar-refractivity contribution in [2.24, 2.45) is 0 Å². The van der Waals surface area contributed by atoms with Crippen LogP contribution < -0.4 is 0 Å². The summed E-state index contributed by atoms with van der Waals surface area (Å²) in [7, 11) is 0. The van der Waals surface area contributed by atoms with Crippen molar-refractivity contribution in [1.82, 2.24) is 0 Å². The van der Waals surface area contributed by atoms with Gasteiger partial charge < -0.3 is 0 Å². The van der Waals surface area contributed by atoms with Gasteiger partial charge in [0.2, 0.25) is 0 Å². The van der Waals surface area contributed by atoms with E-state index in [0.717, 1.165) is 0 Å². The van der Waals surface area contributed by atoms with E-state index in [1.165, 1.54) is 64.3 Å². The monoisotopic (exact) mass is 472 g/mol. The van der Waals surface area contributed by atoms with Crippen LogP contribution in [0.4, 0.5) is 0 Å². The molecule has 0 aliphatic rings. The molecule has 4 rings (SSSR count). The summed E-state index contributed by atoms with van der Waals surface area (Å²) in [6, 6.07) is 9.84. The van der Waals surface area contributed by atoms with Gasteiger partial charge in [-0.1, -0.05) is 54.4 Å². The van der Waals surface area contributed by atoms with Crippen LogP contribution in [0.5, 0.6) is 0 Å². The molecule has 0 aromatic carbocycles. The number of aryl methyl sites for hydroxylation is 2. The van der Waals surface area contributed by atoms with Gasteiger partial charge in [-0.15, -0.1) is 45.3 Å². The lowest BCUT2D eigenvalue weighted by atomic mass is 10.1. The summed E-state index contributed by atoms with van der Waals surface area (Å²) < 4.78 is 2.91. The lowest BCUT2D eigenvalue weighted by Gasteiger charge is -2.00. The zero-order valence-electron chi connectivity index (χ0n) is 18.9. The van der Waals surface area contributed by atoms with Gasteiger partial charge in [0.05, 0.1) is 0 Å². The Morgan fingerprint density at radius 1 is 0.600 bits per heavy atom. The first-order valence-corrected chi connectivity index (χ1v) is 14.5. The number of fused-ring (bicyclic) bond motifs is 1. The van der Waals surface area contributed by atoms with Gasteiger partial charge in [-0.25, -0.2) is 0 Å². The van der Waals surface area contributed by atoms with Gasteiger partial charge in [0.25, 0.3) is 0 Å². The van der Waals surface area contributed by atoms with E-state index in [0.29, 0.717) is 11.8 Å². The van der Waals surface area contributed by atoms with Crippen molar-refractivity contribution in [3.63, 3.8) is 0 Å². The van der Waals surface area contributed by atoms with Crippen LogP contribution in [-0.4, -0.2) is 0 Å². The van der Waals surface area contributed by atoms with Gasteiger partial charge in [-0.2, -0.15) is 0 Å². The Morgan fingerprint density at radius 3 is 1.33 bits per heavy atom. The molecule has 160 valence electrons. The molecule has 4 heterocycles. The van der Waals surface area contributed by atoms with Crippen LogP contribution in [-0.2, 0) is 12.8 Å². The molecule has 4 aromatic rings. The van der Waals surface area contributed by atoms with Gasteiger partial charge >= 0.3 is 0 Å². The topological polar surface area (TPSA) is 0 Å². The highest BCUT2D eigenvalue weighted by atomic mass is 32.1. The van der Waals surface area contributed by atoms with E-state index in [2.05, 4.69) is 65.8 Å². The Labute approximate surface area is 197 Å². The molecule has 0 saturated heterocycles. The van der Waals surface area contributed by atoms with E-state index >= 15 is 0 Å². The Kier molecular flexibility index (Phi) is 6.88. The highest BCUT2D eigenvalue weighted by molar-refractivity contribution is 7.33. The fourth-order valence-electron chi connectivity index (χ4n) is 3.86. The van der Waals surface area contributed by atoms with Crippen LogP contribution in [0.2, 0.25) is 0 Å². The minimum atomic E-state index is 0.609. The van der Waals surface area contributed by atoms with Crippen molar-refractivity contribution >= 4 is 54.7 Å². The van der Waals surface area contributed by atoms with Crippen molar-refractivity contribution in [2.45, 2.75) is 79.1 Å². The summed E-state index contributed by atoms with van der Waals surface area (Å²) in [6.45, 7) is 13.8. The van der Waals surface area contributed by atoms with Gasteiger partial charge in [0.1, 0.15) is 0 Å². The normalized spacial score (nSPS) is 12.1. The molecular formula is C26H32S4. The van der Waals surface area contributed by atoms with E-state index in [9.17, 15) is 0 Å². The van der Waals surface area contributed by atoms with Crippen LogP contribution in [0.3, 0.4) is 0 Å². The highest BCUT2D eigenvalue weighted by Crippen LogP contribution is 2.48. The summed E-state index contributed by atoms with van der Waals surface area (Å²) in [5.74, 6) is 1.22. The number of hydrogen-bond donors (Lipinski definition) is 0. The van der Waals surface area contributed by atoms with E-state index in [1.807, 2.05) is 45.3 Å². The molecule has 0 nitrogen and oxygen atoms in total. The van der Waals surface area contributed by atoms with E-state index < -0.39 is 0 Å². The van der Waals surface area contributed by atoms with Gasteiger partial charge in [0, 0.05) is 38.7 Å². The Bertz CT molecular complexity index is 1010. The summed E-state index contributed by atoms with van der Waals surface area (Å²) in [6.07, 6.45) is 4.79. The summed E-state index contributed by atoms with van der Waals surface area (Å²) in [4.78, 5) is 9.00. The minimum absolute atomic E-state index is 0.609. The Hall–Kier alpha value is -0.940. The first kappa shape index (κ1) is 22.3. The molecule has 0 aliphatic carbocycles. The van der Waals surface area contributed by atoms with Crippen molar-refractivity contribution in [1.29, 1.82) is 0 Å². The second kappa shape index (κ2) is 9.28. The average Bonchev–Trinajstić information content (AvgIpc) is 3.42. The summed E-state index contributed by atoms with van der Waals surface area (Å²) in [5, 5.41) is 0. The SMILES string of the molecule is CCCc1cc(C(C)C)sc1-c1cc2sc(-c3sc(C(C)C)cc3CCC)cc2s1. The van der Waals surface area contributed by atoms with Gasteiger partial charge in [-0.05, 0) is 60.1 Å². The maximum absolute atomic E-state index is 2.46. The molecule has 0 aliphatic heterocycles. The molecule has 0 N–H and O–H groups in total. The van der Waals surface area contributed by atoms with Crippen LogP contribution in [0, 0.1) is 0 Å². The maximum Gasteiger partial charge on any atom is 0.0478 e. The zero-order valence-corrected chi connectivity index (χ0v) is 22.2. The quantitative estimate of drug-likeness (QED) is 0.239. The highest BCUT2D eigenvalue weighted by Gasteiger charge is 2.19. The van der Waals surface area contributed by atoms with Crippen LogP contribution in [0.15, 0.2) is 24.3 Å². The third kappa shape index (κ3) is 4.34. The predicted molar refractivity (Wildman–Crippen MR) is 142 cm³/mol. The molecule has 0 bridgehead atoms. The first-order chi connectivity index (χ1) is 14.4. The molecule has 0 unspecified atom stereocenters. The van der Waals surface area contributed by atoms with Crippen molar-refractivity contribution in [3.05, 3.63) is 45.1 Å². The van der Waals surface area contributed by atoms with E-state index in [1.54, 1.807) is 11.1 Å². The van der Waals surface area contributed by atoms with Crippen molar-refractivity contribution < 1.29 is 0 Å². The molecule has 0 spiro atoms. The Balaban J connectivity index is 1.72. The van der Waals surface area contributed by atoms with Crippen LogP contribution in [0.1, 0.15) is 87.1 Å². The lowest BCUT2D eigenvalue weighted by Crippen LogP contribution is -1.82. The molecule has 0 amide bonds. The van der Waals surface area contributed by atoms with E-state index in [-0.39, 0.29) is 0 Å². The van der Waals surface area contributed by atoms with Gasteiger partial charge in [0.15, 0.2) is 0 Å². The molecule has 0 saturated carbocycles. The number of hydrogen-bond acceptors (Lipinski definition) is 4. The molecule has 0 radical (unpaired) electrons. The maximum atomic E-state index is 2.46. The fourth-order valence-corrected chi connectivity index (χ4v) is 8.95. The second-order valence-corrected chi connectivity index (χ2v) is 13.1. The molecule has 4 heteroatoms. The number of thiophene rings is 4. The molecule has 4 aromatic heterocycles. The van der Waals surface area contributed by atoms with Crippen molar-refractivity contribution in [3.8, 4) is 19.5 Å².